The molecule has 2 fully saturated rings. The molecule has 0 saturated carbocycles. The number of nitriles is 1. The van der Waals surface area contributed by atoms with Gasteiger partial charge in [-0.2, -0.15) is 5.26 Å². The van der Waals surface area contributed by atoms with Crippen molar-refractivity contribution in [2.75, 3.05) is 0 Å². The lowest BCUT2D eigenvalue weighted by atomic mass is 9.75. The van der Waals surface area contributed by atoms with Crippen LogP contribution in [0.4, 0.5) is 0 Å². The van der Waals surface area contributed by atoms with Crippen LogP contribution in [0.3, 0.4) is 0 Å². The Morgan fingerprint density at radius 2 is 2.23 bits per heavy atom. The maximum atomic E-state index is 8.98. The largest absolute Gasteiger partial charge is 0.370 e. The van der Waals surface area contributed by atoms with Gasteiger partial charge in [-0.3, -0.25) is 0 Å². The second-order valence-corrected chi connectivity index (χ2v) is 8.12. The summed E-state index contributed by atoms with van der Waals surface area (Å²) in [4.78, 5) is 0.395. The summed E-state index contributed by atoms with van der Waals surface area (Å²) < 4.78 is 12.6. The first-order valence-corrected chi connectivity index (χ1v) is 8.76. The van der Waals surface area contributed by atoms with Crippen LogP contribution >= 0.6 is 15.9 Å². The summed E-state index contributed by atoms with van der Waals surface area (Å²) >= 11 is 3.81. The minimum atomic E-state index is -0.217. The second-order valence-electron chi connectivity index (χ2n) is 7.01. The molecule has 2 aliphatic rings. The molecule has 2 aliphatic heterocycles. The number of hydrogen-bond donors (Lipinski definition) is 0. The molecule has 0 amide bonds. The number of alkyl halides is 1. The third kappa shape index (κ3) is 2.50. The monoisotopic (exact) mass is 363 g/mol. The standard InChI is InChI=1S/C18H22BrNO2/c1-12(2)18-9-16(17(3,22-18)8-15(18)19)21-11-14-6-4-5-13(7-14)10-20/h4-7,12,15-16H,8-9,11H2,1-3H3/t15-,16+,17-,18+/m0/s1. The number of nitrogens with zero attached hydrogens (tertiary/aromatic N) is 1. The molecule has 2 heterocycles. The van der Waals surface area contributed by atoms with Crippen molar-refractivity contribution in [3.05, 3.63) is 35.4 Å². The van der Waals surface area contributed by atoms with Crippen LogP contribution in [0.5, 0.6) is 0 Å². The zero-order valence-electron chi connectivity index (χ0n) is 13.3. The fourth-order valence-electron chi connectivity index (χ4n) is 3.82. The summed E-state index contributed by atoms with van der Waals surface area (Å²) in [5.74, 6) is 0.453. The minimum Gasteiger partial charge on any atom is -0.370 e. The molecule has 4 heteroatoms. The quantitative estimate of drug-likeness (QED) is 0.753. The lowest BCUT2D eigenvalue weighted by molar-refractivity contribution is -0.0955. The number of rotatable bonds is 4. The van der Waals surface area contributed by atoms with Gasteiger partial charge in [-0.15, -0.1) is 0 Å². The van der Waals surface area contributed by atoms with Gasteiger partial charge in [0.05, 0.1) is 35.5 Å². The zero-order valence-corrected chi connectivity index (χ0v) is 14.9. The van der Waals surface area contributed by atoms with Gasteiger partial charge in [-0.05, 0) is 37.0 Å². The molecule has 3 rings (SSSR count). The first-order chi connectivity index (χ1) is 10.4. The van der Waals surface area contributed by atoms with E-state index in [1.54, 1.807) is 0 Å². The fourth-order valence-corrected chi connectivity index (χ4v) is 5.27. The van der Waals surface area contributed by atoms with E-state index in [-0.39, 0.29) is 17.3 Å². The van der Waals surface area contributed by atoms with E-state index in [2.05, 4.69) is 42.8 Å². The maximum absolute atomic E-state index is 8.98. The van der Waals surface area contributed by atoms with Crippen molar-refractivity contribution >= 4 is 15.9 Å². The highest BCUT2D eigenvalue weighted by atomic mass is 79.9. The summed E-state index contributed by atoms with van der Waals surface area (Å²) in [5.41, 5.74) is 1.38. The molecule has 0 aromatic heterocycles. The van der Waals surface area contributed by atoms with Crippen LogP contribution in [0.2, 0.25) is 0 Å². The highest BCUT2D eigenvalue weighted by Gasteiger charge is 2.65. The highest BCUT2D eigenvalue weighted by Crippen LogP contribution is 2.57. The van der Waals surface area contributed by atoms with Gasteiger partial charge in [-0.25, -0.2) is 0 Å². The molecule has 0 spiro atoms. The lowest BCUT2D eigenvalue weighted by Gasteiger charge is -2.35. The van der Waals surface area contributed by atoms with Crippen molar-refractivity contribution in [3.8, 4) is 6.07 Å². The highest BCUT2D eigenvalue weighted by molar-refractivity contribution is 9.09. The summed E-state index contributed by atoms with van der Waals surface area (Å²) in [7, 11) is 0. The smallest absolute Gasteiger partial charge is 0.0991 e. The van der Waals surface area contributed by atoms with E-state index in [0.717, 1.165) is 18.4 Å². The van der Waals surface area contributed by atoms with Crippen molar-refractivity contribution in [3.63, 3.8) is 0 Å². The van der Waals surface area contributed by atoms with Gasteiger partial charge in [0.2, 0.25) is 0 Å². The number of fused-ring (bicyclic) bond motifs is 2. The van der Waals surface area contributed by atoms with E-state index in [9.17, 15) is 0 Å². The molecular weight excluding hydrogens is 342 g/mol. The van der Waals surface area contributed by atoms with E-state index in [1.165, 1.54) is 0 Å². The molecule has 0 aliphatic carbocycles. The van der Waals surface area contributed by atoms with Crippen LogP contribution in [-0.4, -0.2) is 22.1 Å². The molecule has 0 radical (unpaired) electrons. The Morgan fingerprint density at radius 3 is 2.86 bits per heavy atom. The van der Waals surface area contributed by atoms with E-state index in [1.807, 2.05) is 24.3 Å². The molecule has 22 heavy (non-hydrogen) atoms. The number of ether oxygens (including phenoxy) is 2. The number of benzene rings is 1. The molecule has 118 valence electrons. The normalized spacial score (nSPS) is 36.7. The van der Waals surface area contributed by atoms with Crippen molar-refractivity contribution in [2.45, 2.75) is 62.4 Å². The topological polar surface area (TPSA) is 42.2 Å². The predicted molar refractivity (Wildman–Crippen MR) is 88.7 cm³/mol. The number of halogens is 1. The SMILES string of the molecule is CC(C)[C@]12C[C@@H](OCc3cccc(C#N)c3)[C@](C)(C[C@@H]1Br)O2. The van der Waals surface area contributed by atoms with Crippen LogP contribution in [0.15, 0.2) is 24.3 Å². The molecule has 0 unspecified atom stereocenters. The van der Waals surface area contributed by atoms with Gasteiger partial charge in [0.1, 0.15) is 0 Å². The number of hydrogen-bond acceptors (Lipinski definition) is 3. The molecule has 3 nitrogen and oxygen atoms in total. The predicted octanol–water partition coefficient (Wildman–Crippen LogP) is 4.18. The van der Waals surface area contributed by atoms with E-state index in [4.69, 9.17) is 14.7 Å². The van der Waals surface area contributed by atoms with Gasteiger partial charge in [0.15, 0.2) is 0 Å². The van der Waals surface area contributed by atoms with Crippen molar-refractivity contribution in [1.29, 1.82) is 5.26 Å². The van der Waals surface area contributed by atoms with Crippen LogP contribution in [0, 0.1) is 17.2 Å². The van der Waals surface area contributed by atoms with Gasteiger partial charge >= 0.3 is 0 Å². The van der Waals surface area contributed by atoms with Crippen molar-refractivity contribution < 1.29 is 9.47 Å². The Hall–Kier alpha value is -0.890. The molecule has 1 aromatic carbocycles. The van der Waals surface area contributed by atoms with Crippen LogP contribution in [-0.2, 0) is 16.1 Å². The van der Waals surface area contributed by atoms with Crippen LogP contribution in [0.1, 0.15) is 44.7 Å². The molecule has 4 atom stereocenters. The second kappa shape index (κ2) is 5.63. The van der Waals surface area contributed by atoms with Gasteiger partial charge in [-0.1, -0.05) is 41.9 Å². The maximum Gasteiger partial charge on any atom is 0.0991 e. The third-order valence-electron chi connectivity index (χ3n) is 5.21. The van der Waals surface area contributed by atoms with Gasteiger partial charge < -0.3 is 9.47 Å². The minimum absolute atomic E-state index is 0.106. The van der Waals surface area contributed by atoms with Crippen LogP contribution in [0.25, 0.3) is 0 Å². The summed E-state index contributed by atoms with van der Waals surface area (Å²) in [5, 5.41) is 8.98. The molecule has 0 N–H and O–H groups in total. The Morgan fingerprint density at radius 1 is 1.45 bits per heavy atom. The van der Waals surface area contributed by atoms with E-state index < -0.39 is 0 Å². The first kappa shape index (κ1) is 16.0. The molecule has 2 bridgehead atoms. The summed E-state index contributed by atoms with van der Waals surface area (Å²) in [6, 6.07) is 9.78. The molecule has 2 saturated heterocycles. The molecule has 1 aromatic rings. The van der Waals surface area contributed by atoms with Crippen molar-refractivity contribution in [2.24, 2.45) is 5.92 Å². The van der Waals surface area contributed by atoms with E-state index in [0.29, 0.717) is 22.9 Å². The summed E-state index contributed by atoms with van der Waals surface area (Å²) in [6.45, 7) is 7.13. The zero-order chi connectivity index (χ0) is 16.0. The first-order valence-electron chi connectivity index (χ1n) is 7.84. The Labute approximate surface area is 140 Å². The Bertz CT molecular complexity index is 611. The lowest BCUT2D eigenvalue weighted by Crippen LogP contribution is -2.44. The average molecular weight is 364 g/mol. The third-order valence-corrected chi connectivity index (χ3v) is 6.31. The Balaban J connectivity index is 1.71. The Kier molecular flexibility index (Phi) is 4.09. The average Bonchev–Trinajstić information content (AvgIpc) is 2.93. The van der Waals surface area contributed by atoms with Crippen molar-refractivity contribution in [1.82, 2.24) is 0 Å². The molecular formula is C18H22BrNO2. The van der Waals surface area contributed by atoms with Crippen LogP contribution < -0.4 is 0 Å². The summed E-state index contributed by atoms with van der Waals surface area (Å²) in [6.07, 6.45) is 2.01. The van der Waals surface area contributed by atoms with Gasteiger partial charge in [0, 0.05) is 11.2 Å². The fraction of sp³-hybridized carbons (Fsp3) is 0.611. The van der Waals surface area contributed by atoms with E-state index >= 15 is 0 Å². The van der Waals surface area contributed by atoms with Gasteiger partial charge in [0.25, 0.3) is 0 Å².